The van der Waals surface area contributed by atoms with Gasteiger partial charge in [-0.25, -0.2) is 8.42 Å². The zero-order valence-electron chi connectivity index (χ0n) is 52.8. The van der Waals surface area contributed by atoms with Crippen molar-refractivity contribution in [1.82, 2.24) is 55.4 Å². The smallest absolute Gasteiger partial charge is 0.323 e. The van der Waals surface area contributed by atoms with E-state index in [-0.39, 0.29) is 85.7 Å². The number of esters is 3. The van der Waals surface area contributed by atoms with E-state index in [1.54, 1.807) is 99.0 Å². The van der Waals surface area contributed by atoms with Gasteiger partial charge in [0.05, 0.1) is 55.6 Å². The van der Waals surface area contributed by atoms with Gasteiger partial charge in [0.2, 0.25) is 21.8 Å². The van der Waals surface area contributed by atoms with Crippen LogP contribution in [0.3, 0.4) is 0 Å². The Labute approximate surface area is 512 Å². The van der Waals surface area contributed by atoms with E-state index in [1.165, 1.54) is 12.1 Å². The number of nitrogens with one attached hydrogen (secondary N) is 5. The number of carbonyl (C=O) groups is 7. The molecular formula is C60H94N12O14S. The first kappa shape index (κ1) is 71.0. The average molecular weight is 1240 g/mol. The zero-order valence-corrected chi connectivity index (χ0v) is 53.6. The molecule has 2 aliphatic heterocycles. The minimum Gasteiger partial charge on any atom is -0.494 e. The number of hydrogen-bond acceptors (Lipinski definition) is 20. The molecule has 3 aromatic rings. The molecule has 484 valence electrons. The van der Waals surface area contributed by atoms with Crippen LogP contribution in [0.4, 0.5) is 0 Å². The average Bonchev–Trinajstić information content (AvgIpc) is 1.40. The van der Waals surface area contributed by atoms with Crippen LogP contribution in [0.15, 0.2) is 46.4 Å². The third-order valence-corrected chi connectivity index (χ3v) is 15.4. The highest BCUT2D eigenvalue weighted by Crippen LogP contribution is 2.27. The lowest BCUT2D eigenvalue weighted by atomic mass is 10.1. The molecule has 27 heteroatoms. The number of amidine groups is 1. The van der Waals surface area contributed by atoms with Gasteiger partial charge in [0.1, 0.15) is 28.6 Å². The lowest BCUT2D eigenvalue weighted by Crippen LogP contribution is -2.50. The Morgan fingerprint density at radius 2 is 1.16 bits per heavy atom. The molecule has 5 rings (SSSR count). The Hall–Kier alpha value is -6.78. The maximum atomic E-state index is 13.7. The number of carboxylic acids is 1. The number of amides is 3. The third-order valence-electron chi connectivity index (χ3n) is 13.6. The van der Waals surface area contributed by atoms with Crippen molar-refractivity contribution in [3.05, 3.63) is 53.2 Å². The topological polar surface area (TPSA) is 314 Å². The first-order chi connectivity index (χ1) is 40.8. The summed E-state index contributed by atoms with van der Waals surface area (Å²) in [4.78, 5) is 103. The summed E-state index contributed by atoms with van der Waals surface area (Å²) in [6.07, 6.45) is 5.35. The molecule has 26 nitrogen and oxygen atoms in total. The predicted molar refractivity (Wildman–Crippen MR) is 328 cm³/mol. The summed E-state index contributed by atoms with van der Waals surface area (Å²) in [5.74, 6) is -2.53. The number of carboxylic acid groups (broad SMARTS) is 1. The van der Waals surface area contributed by atoms with Crippen molar-refractivity contribution in [2.75, 3.05) is 118 Å². The van der Waals surface area contributed by atoms with Crippen molar-refractivity contribution >= 4 is 68.4 Å². The SMILES string of the molecule is Cc1cc(OCCCC(=O)NCCNC(=O)CN2CCN(CC(=O)OC(C)(C)C)CCN(CC(=O)OC(C)(C)C)CCN(CC(=O)OC(C)(C)C)CC2)cc(C)c1S(=O)(=O)NC(CNC(=O)c1ccc2nn(CCNC3=NCCCC3)cc2c1)C(=O)O. The molecule has 1 unspecified atom stereocenters. The van der Waals surface area contributed by atoms with Gasteiger partial charge >= 0.3 is 23.9 Å². The number of nitrogens with zero attached hydrogens (tertiary/aromatic N) is 7. The number of aryl methyl sites for hydroxylation is 2. The van der Waals surface area contributed by atoms with E-state index in [9.17, 15) is 47.1 Å². The van der Waals surface area contributed by atoms with Crippen LogP contribution in [0.2, 0.25) is 0 Å². The largest absolute Gasteiger partial charge is 0.494 e. The molecule has 1 atom stereocenters. The Kier molecular flexibility index (Phi) is 26.9. The molecule has 87 heavy (non-hydrogen) atoms. The summed E-state index contributed by atoms with van der Waals surface area (Å²) in [6, 6.07) is 6.21. The number of rotatable bonds is 26. The van der Waals surface area contributed by atoms with Crippen molar-refractivity contribution < 1.29 is 66.0 Å². The van der Waals surface area contributed by atoms with Crippen LogP contribution in [0.25, 0.3) is 10.9 Å². The van der Waals surface area contributed by atoms with Gasteiger partial charge in [-0.3, -0.25) is 62.8 Å². The van der Waals surface area contributed by atoms with Crippen molar-refractivity contribution in [2.24, 2.45) is 4.99 Å². The number of hydrogen-bond donors (Lipinski definition) is 6. The van der Waals surface area contributed by atoms with Crippen LogP contribution in [-0.2, 0) is 59.5 Å². The lowest BCUT2D eigenvalue weighted by molar-refractivity contribution is -0.158. The van der Waals surface area contributed by atoms with Crippen LogP contribution >= 0.6 is 0 Å². The Balaban J connectivity index is 1.08. The highest BCUT2D eigenvalue weighted by atomic mass is 32.2. The van der Waals surface area contributed by atoms with E-state index in [4.69, 9.17) is 18.9 Å². The van der Waals surface area contributed by atoms with E-state index in [1.807, 2.05) is 25.8 Å². The molecule has 6 N–H and O–H groups in total. The van der Waals surface area contributed by atoms with Crippen molar-refractivity contribution in [1.29, 1.82) is 0 Å². The highest BCUT2D eigenvalue weighted by molar-refractivity contribution is 7.89. The Bertz CT molecular complexity index is 2920. The molecule has 2 aromatic carbocycles. The van der Waals surface area contributed by atoms with E-state index < -0.39 is 69.2 Å². The number of benzene rings is 2. The normalized spacial score (nSPS) is 16.1. The molecule has 1 saturated heterocycles. The van der Waals surface area contributed by atoms with Gasteiger partial charge in [-0.05, 0) is 137 Å². The summed E-state index contributed by atoms with van der Waals surface area (Å²) in [7, 11) is -4.42. The number of sulfonamides is 1. The maximum Gasteiger partial charge on any atom is 0.323 e. The molecule has 0 spiro atoms. The number of ether oxygens (including phenoxy) is 4. The standard InChI is InChI=1S/C60H94N12O14S/c1-42-33-46(34-43(2)55(42)87(81,82)67-48(57(79)80)36-65-56(78)44-17-18-47-45(35-44)37-72(66-47)23-22-62-49-15-12-13-19-61-49)83-32-14-16-50(73)63-20-21-64-51(74)38-68-24-26-69(39-52(75)84-58(3,4)5)28-30-71(41-54(77)86-60(9,10)11)31-29-70(27-25-68)40-53(76)85-59(6,7)8/h17-18,33-35,37,48,67H,12-16,19-32,36,38-41H2,1-11H3,(H,61,62)(H,63,73)(H,64,74)(H,65,78)(H,79,80). The Morgan fingerprint density at radius 1 is 0.655 bits per heavy atom. The van der Waals surface area contributed by atoms with Crippen LogP contribution in [-0.4, -0.2) is 231 Å². The fourth-order valence-corrected chi connectivity index (χ4v) is 11.3. The number of aromatic nitrogens is 2. The van der Waals surface area contributed by atoms with Gasteiger partial charge in [-0.1, -0.05) is 0 Å². The van der Waals surface area contributed by atoms with Gasteiger partial charge in [0.25, 0.3) is 5.91 Å². The minimum absolute atomic E-state index is 0.00442. The summed E-state index contributed by atoms with van der Waals surface area (Å²) in [5.41, 5.74) is -0.600. The zero-order chi connectivity index (χ0) is 64.1. The lowest BCUT2D eigenvalue weighted by Gasteiger charge is -2.34. The first-order valence-corrected chi connectivity index (χ1v) is 31.4. The molecular weight excluding hydrogens is 1140 g/mol. The molecule has 3 amide bonds. The summed E-state index contributed by atoms with van der Waals surface area (Å²) in [5, 5.41) is 26.9. The van der Waals surface area contributed by atoms with E-state index in [0.29, 0.717) is 88.5 Å². The van der Waals surface area contributed by atoms with Crippen LogP contribution < -0.4 is 30.7 Å². The molecule has 3 heterocycles. The number of fused-ring (bicyclic) bond motifs is 1. The monoisotopic (exact) mass is 1240 g/mol. The van der Waals surface area contributed by atoms with Gasteiger partial charge in [-0.15, -0.1) is 0 Å². The van der Waals surface area contributed by atoms with Crippen LogP contribution in [0, 0.1) is 13.8 Å². The van der Waals surface area contributed by atoms with E-state index >= 15 is 0 Å². The predicted octanol–water partition coefficient (Wildman–Crippen LogP) is 2.62. The van der Waals surface area contributed by atoms with Crippen molar-refractivity contribution in [3.63, 3.8) is 0 Å². The number of aliphatic carboxylic acids is 1. The molecule has 2 aliphatic rings. The molecule has 1 fully saturated rings. The summed E-state index contributed by atoms with van der Waals surface area (Å²) >= 11 is 0. The molecule has 1 aromatic heterocycles. The highest BCUT2D eigenvalue weighted by Gasteiger charge is 2.30. The van der Waals surface area contributed by atoms with E-state index in [0.717, 1.165) is 31.6 Å². The maximum absolute atomic E-state index is 13.7. The van der Waals surface area contributed by atoms with Gasteiger partial charge in [-0.2, -0.15) is 9.82 Å². The first-order valence-electron chi connectivity index (χ1n) is 29.9. The fraction of sp³-hybridized carbons (Fsp3) is 0.650. The van der Waals surface area contributed by atoms with Crippen molar-refractivity contribution in [3.8, 4) is 5.75 Å². The second kappa shape index (κ2) is 33.0. The molecule has 0 saturated carbocycles. The van der Waals surface area contributed by atoms with Gasteiger partial charge in [0, 0.05) is 115 Å². The summed E-state index contributed by atoms with van der Waals surface area (Å²) in [6.45, 7) is 24.3. The second-order valence-electron chi connectivity index (χ2n) is 25.0. The summed E-state index contributed by atoms with van der Waals surface area (Å²) < 4.78 is 54.2. The number of aliphatic imine (C=N–C) groups is 1. The number of carbonyl (C=O) groups excluding carboxylic acids is 6. The minimum atomic E-state index is -4.42. The van der Waals surface area contributed by atoms with Crippen LogP contribution in [0.5, 0.6) is 5.75 Å². The Morgan fingerprint density at radius 3 is 1.64 bits per heavy atom. The molecule has 0 radical (unpaired) electrons. The van der Waals surface area contributed by atoms with Gasteiger partial charge in [0.15, 0.2) is 0 Å². The fourth-order valence-electron chi connectivity index (χ4n) is 9.68. The quantitative estimate of drug-likeness (QED) is 0.0382. The second-order valence-corrected chi connectivity index (χ2v) is 26.7. The molecule has 0 aliphatic carbocycles. The van der Waals surface area contributed by atoms with E-state index in [2.05, 4.69) is 36.1 Å². The van der Waals surface area contributed by atoms with Crippen molar-refractivity contribution in [2.45, 2.75) is 143 Å². The third kappa shape index (κ3) is 26.6. The molecule has 0 bridgehead atoms. The van der Waals surface area contributed by atoms with Crippen LogP contribution in [0.1, 0.15) is 116 Å². The van der Waals surface area contributed by atoms with Gasteiger partial charge < -0.3 is 45.3 Å².